The first-order valence-corrected chi connectivity index (χ1v) is 24.5. The van der Waals surface area contributed by atoms with Gasteiger partial charge in [0.25, 0.3) is 0 Å². The number of hydrogen-bond acceptors (Lipinski definition) is 2. The molecule has 0 N–H and O–H groups in total. The fraction of sp³-hybridized carbons (Fsp3) is 0.182. The Morgan fingerprint density at radius 3 is 1.07 bits per heavy atom. The molecule has 68 heavy (non-hydrogen) atoms. The Morgan fingerprint density at radius 2 is 0.632 bits per heavy atom. The summed E-state index contributed by atoms with van der Waals surface area (Å²) in [6, 6.07) is 69.7. The molecule has 0 spiro atoms. The van der Waals surface area contributed by atoms with E-state index in [1.54, 1.807) is 0 Å². The zero-order valence-corrected chi connectivity index (χ0v) is 40.2. The van der Waals surface area contributed by atoms with Crippen LogP contribution in [0.3, 0.4) is 0 Å². The van der Waals surface area contributed by atoms with E-state index >= 15 is 0 Å². The van der Waals surface area contributed by atoms with Crippen LogP contribution >= 0.6 is 0 Å². The fourth-order valence-corrected chi connectivity index (χ4v) is 13.4. The molecule has 10 aromatic carbocycles. The van der Waals surface area contributed by atoms with Crippen molar-refractivity contribution in [2.45, 2.75) is 77.0 Å². The number of fused-ring (bicyclic) bond motifs is 15. The third-order valence-corrected chi connectivity index (χ3v) is 17.2. The van der Waals surface area contributed by atoms with Crippen LogP contribution in [-0.2, 0) is 21.7 Å². The molecule has 0 aromatic heterocycles. The smallest absolute Gasteiger partial charge is 0.0506 e. The van der Waals surface area contributed by atoms with Gasteiger partial charge in [-0.25, -0.2) is 0 Å². The minimum atomic E-state index is -0.206. The summed E-state index contributed by atoms with van der Waals surface area (Å²) in [5.74, 6) is 0. The van der Waals surface area contributed by atoms with E-state index in [0.29, 0.717) is 0 Å². The molecule has 0 amide bonds. The summed E-state index contributed by atoms with van der Waals surface area (Å²) in [5, 5.41) is 7.70. The summed E-state index contributed by atoms with van der Waals surface area (Å²) >= 11 is 0. The summed E-state index contributed by atoms with van der Waals surface area (Å²) < 4.78 is 0. The van der Waals surface area contributed by atoms with E-state index in [-0.39, 0.29) is 21.7 Å². The minimum absolute atomic E-state index is 0.147. The second-order valence-electron chi connectivity index (χ2n) is 22.2. The molecule has 2 heterocycles. The molecule has 2 heteroatoms. The number of nitrogens with zero attached hydrogens (tertiary/aromatic N) is 2. The maximum Gasteiger partial charge on any atom is 0.0506 e. The molecular weight excluding hydrogens is 821 g/mol. The highest BCUT2D eigenvalue weighted by Crippen LogP contribution is 2.61. The topological polar surface area (TPSA) is 6.48 Å². The third-order valence-electron chi connectivity index (χ3n) is 17.2. The molecular formula is C66H54N2. The van der Waals surface area contributed by atoms with E-state index < -0.39 is 0 Å². The van der Waals surface area contributed by atoms with Crippen LogP contribution in [0.2, 0.25) is 0 Å². The highest BCUT2D eigenvalue weighted by molar-refractivity contribution is 6.06. The first-order chi connectivity index (χ1) is 32.7. The number of hydrogen-bond donors (Lipinski definition) is 0. The Hall–Kier alpha value is -7.42. The van der Waals surface area contributed by atoms with Gasteiger partial charge in [0, 0.05) is 33.0 Å². The van der Waals surface area contributed by atoms with Crippen molar-refractivity contribution in [3.8, 4) is 22.3 Å². The van der Waals surface area contributed by atoms with Crippen molar-refractivity contribution in [2.24, 2.45) is 0 Å². The van der Waals surface area contributed by atoms with E-state index in [1.807, 2.05) is 0 Å². The lowest BCUT2D eigenvalue weighted by atomic mass is 9.71. The molecule has 2 aliphatic carbocycles. The summed E-state index contributed by atoms with van der Waals surface area (Å²) in [7, 11) is 0. The average molecular weight is 875 g/mol. The number of benzene rings is 10. The van der Waals surface area contributed by atoms with Crippen LogP contribution in [0.1, 0.15) is 99.9 Å². The number of anilines is 6. The maximum atomic E-state index is 2.55. The minimum Gasteiger partial charge on any atom is -0.310 e. The first kappa shape index (κ1) is 39.7. The highest BCUT2D eigenvalue weighted by atomic mass is 15.2. The zero-order valence-electron chi connectivity index (χ0n) is 40.2. The van der Waals surface area contributed by atoms with E-state index in [4.69, 9.17) is 0 Å². The Balaban J connectivity index is 0.927. The van der Waals surface area contributed by atoms with E-state index in [9.17, 15) is 0 Å². The predicted octanol–water partition coefficient (Wildman–Crippen LogP) is 18.0. The van der Waals surface area contributed by atoms with Crippen molar-refractivity contribution in [3.63, 3.8) is 0 Å². The highest BCUT2D eigenvalue weighted by Gasteiger charge is 2.45. The van der Waals surface area contributed by atoms with Crippen LogP contribution < -0.4 is 9.80 Å². The molecule has 0 bridgehead atoms. The van der Waals surface area contributed by atoms with Gasteiger partial charge >= 0.3 is 0 Å². The van der Waals surface area contributed by atoms with Gasteiger partial charge in [-0.1, -0.05) is 177 Å². The molecule has 0 saturated carbocycles. The molecule has 14 rings (SSSR count). The van der Waals surface area contributed by atoms with Crippen molar-refractivity contribution in [3.05, 3.63) is 226 Å². The second kappa shape index (κ2) is 13.2. The Morgan fingerprint density at radius 1 is 0.265 bits per heavy atom. The van der Waals surface area contributed by atoms with Gasteiger partial charge in [-0.3, -0.25) is 0 Å². The predicted molar refractivity (Wildman–Crippen MR) is 288 cm³/mol. The average Bonchev–Trinajstić information content (AvgIpc) is 3.72. The zero-order chi connectivity index (χ0) is 46.2. The van der Waals surface area contributed by atoms with Crippen molar-refractivity contribution in [2.75, 3.05) is 9.80 Å². The third kappa shape index (κ3) is 5.03. The van der Waals surface area contributed by atoms with Crippen LogP contribution in [0.4, 0.5) is 34.1 Å². The summed E-state index contributed by atoms with van der Waals surface area (Å²) in [6.07, 6.45) is 0. The standard InChI is InChI=1S/C66H54N2/c1-63(2)49-21-13-15-23-57(49)67(59-37-53-47(35-55(59)63)61-45-19-11-9-17-39(45)27-31-51(61)65(53,5)6)43-29-25-42-34-44(30-26-41(42)33-43)68-58-24-16-14-22-50(58)64(3,4)56-36-48-54(38-60(56)68)66(7,8)52-32-28-40-18-10-12-20-46(40)62(48)52/h9-38H,1-8H3. The molecule has 0 saturated heterocycles. The normalized spacial score (nSPS) is 16.9. The molecule has 328 valence electrons. The second-order valence-corrected chi connectivity index (χ2v) is 22.2. The van der Waals surface area contributed by atoms with Gasteiger partial charge in [0.1, 0.15) is 0 Å². The molecule has 4 aliphatic rings. The van der Waals surface area contributed by atoms with Gasteiger partial charge in [-0.2, -0.15) is 0 Å². The van der Waals surface area contributed by atoms with Crippen LogP contribution in [0.5, 0.6) is 0 Å². The maximum absolute atomic E-state index is 2.55. The molecule has 2 aliphatic heterocycles. The van der Waals surface area contributed by atoms with Crippen LogP contribution in [0.25, 0.3) is 54.6 Å². The van der Waals surface area contributed by atoms with Crippen molar-refractivity contribution >= 4 is 66.4 Å². The van der Waals surface area contributed by atoms with Gasteiger partial charge < -0.3 is 9.80 Å². The first-order valence-electron chi connectivity index (χ1n) is 24.5. The largest absolute Gasteiger partial charge is 0.310 e. The summed E-state index contributed by atoms with van der Waals surface area (Å²) in [4.78, 5) is 5.09. The van der Waals surface area contributed by atoms with E-state index in [0.717, 1.165) is 0 Å². The van der Waals surface area contributed by atoms with Crippen molar-refractivity contribution in [1.29, 1.82) is 0 Å². The summed E-state index contributed by atoms with van der Waals surface area (Å²) in [5.41, 5.74) is 23.2. The van der Waals surface area contributed by atoms with Crippen LogP contribution in [-0.4, -0.2) is 0 Å². The molecule has 2 nitrogen and oxygen atoms in total. The van der Waals surface area contributed by atoms with Gasteiger partial charge in [0.2, 0.25) is 0 Å². The Labute approximate surface area is 400 Å². The number of rotatable bonds is 2. The van der Waals surface area contributed by atoms with Crippen LogP contribution in [0, 0.1) is 0 Å². The Bertz CT molecular complexity index is 3620. The SMILES string of the molecule is CC1(C)c2ccccc2N(c2ccc3cc(N4c5ccccc5C(C)(C)c5cc6c(cc54)C(C)(C)c4ccc5ccccc5c4-6)ccc3c2)c2cc3c(cc21)-c1c(ccc2ccccc12)C3(C)C. The Kier molecular flexibility index (Phi) is 7.69. The van der Waals surface area contributed by atoms with Crippen LogP contribution in [0.15, 0.2) is 182 Å². The lowest BCUT2D eigenvalue weighted by Crippen LogP contribution is -2.31. The molecule has 0 radical (unpaired) electrons. The quantitative estimate of drug-likeness (QED) is 0.171. The van der Waals surface area contributed by atoms with Crippen molar-refractivity contribution in [1.82, 2.24) is 0 Å². The summed E-state index contributed by atoms with van der Waals surface area (Å²) in [6.45, 7) is 19.3. The van der Waals surface area contributed by atoms with Gasteiger partial charge in [-0.15, -0.1) is 0 Å². The van der Waals surface area contributed by atoms with Gasteiger partial charge in [-0.05, 0) is 160 Å². The van der Waals surface area contributed by atoms with Gasteiger partial charge in [0.15, 0.2) is 0 Å². The molecule has 10 aromatic rings. The van der Waals surface area contributed by atoms with Crippen molar-refractivity contribution < 1.29 is 0 Å². The van der Waals surface area contributed by atoms with E-state index in [2.05, 4.69) is 247 Å². The van der Waals surface area contributed by atoms with E-state index in [1.165, 1.54) is 133 Å². The fourth-order valence-electron chi connectivity index (χ4n) is 13.4. The molecule has 0 unspecified atom stereocenters. The monoisotopic (exact) mass is 874 g/mol. The molecule has 0 fully saturated rings. The van der Waals surface area contributed by atoms with Gasteiger partial charge in [0.05, 0.1) is 22.7 Å². The molecule has 0 atom stereocenters. The number of para-hydroxylation sites is 2. The lowest BCUT2D eigenvalue weighted by Gasteiger charge is -2.43. The lowest BCUT2D eigenvalue weighted by molar-refractivity contribution is 0.627.